The maximum atomic E-state index is 13.3. The highest BCUT2D eigenvalue weighted by molar-refractivity contribution is 5.82. The van der Waals surface area contributed by atoms with Gasteiger partial charge in [0.15, 0.2) is 11.6 Å². The highest BCUT2D eigenvalue weighted by atomic mass is 19.2. The van der Waals surface area contributed by atoms with E-state index in [9.17, 15) is 18.4 Å². The number of nitrogens with two attached hydrogens (primary N) is 1. The number of hydrogen-bond acceptors (Lipinski definition) is 3. The van der Waals surface area contributed by atoms with Gasteiger partial charge in [0.25, 0.3) is 0 Å². The third-order valence-corrected chi connectivity index (χ3v) is 4.52. The lowest BCUT2D eigenvalue weighted by Gasteiger charge is -2.33. The van der Waals surface area contributed by atoms with Gasteiger partial charge in [0.05, 0.1) is 6.04 Å². The number of hydrogen-bond donors (Lipinski definition) is 2. The van der Waals surface area contributed by atoms with Crippen LogP contribution in [0.3, 0.4) is 0 Å². The fraction of sp³-hybridized carbons (Fsp3) is 0.529. The summed E-state index contributed by atoms with van der Waals surface area (Å²) in [6.07, 6.45) is 1.15. The van der Waals surface area contributed by atoms with Crippen molar-refractivity contribution in [3.8, 4) is 0 Å². The van der Waals surface area contributed by atoms with Crippen LogP contribution in [-0.2, 0) is 9.59 Å². The molecule has 0 radical (unpaired) electrons. The molecule has 7 heteroatoms. The molecule has 0 aliphatic carbocycles. The van der Waals surface area contributed by atoms with Crippen LogP contribution in [0.15, 0.2) is 18.2 Å². The van der Waals surface area contributed by atoms with Crippen LogP contribution < -0.4 is 11.1 Å². The van der Waals surface area contributed by atoms with Gasteiger partial charge in [0, 0.05) is 25.0 Å². The Balaban J connectivity index is 1.91. The number of likely N-dealkylation sites (tertiary alicyclic amines) is 1. The number of carbonyl (C=O) groups excluding carboxylic acids is 2. The van der Waals surface area contributed by atoms with Crippen molar-refractivity contribution in [1.29, 1.82) is 0 Å². The van der Waals surface area contributed by atoms with Crippen molar-refractivity contribution >= 4 is 11.8 Å². The first-order valence-corrected chi connectivity index (χ1v) is 8.08. The number of nitrogens with one attached hydrogen (secondary N) is 1. The van der Waals surface area contributed by atoms with Gasteiger partial charge in [-0.2, -0.15) is 0 Å². The summed E-state index contributed by atoms with van der Waals surface area (Å²) in [5.41, 5.74) is 5.86. The Morgan fingerprint density at radius 1 is 1.21 bits per heavy atom. The molecule has 1 aliphatic heterocycles. The number of piperidine rings is 1. The Labute approximate surface area is 140 Å². The molecule has 1 saturated heterocycles. The van der Waals surface area contributed by atoms with Gasteiger partial charge >= 0.3 is 0 Å². The Hall–Kier alpha value is -2.02. The highest BCUT2D eigenvalue weighted by Gasteiger charge is 2.28. The van der Waals surface area contributed by atoms with Crippen molar-refractivity contribution in [1.82, 2.24) is 10.2 Å². The molecule has 3 N–H and O–H groups in total. The zero-order valence-electron chi connectivity index (χ0n) is 13.9. The highest BCUT2D eigenvalue weighted by Crippen LogP contribution is 2.19. The number of carbonyl (C=O) groups is 2. The van der Waals surface area contributed by atoms with E-state index in [1.165, 1.54) is 6.07 Å². The Bertz CT molecular complexity index is 616. The molecule has 1 fully saturated rings. The van der Waals surface area contributed by atoms with Gasteiger partial charge in [0.1, 0.15) is 0 Å². The zero-order chi connectivity index (χ0) is 17.9. The summed E-state index contributed by atoms with van der Waals surface area (Å²) < 4.78 is 26.3. The smallest absolute Gasteiger partial charge is 0.239 e. The van der Waals surface area contributed by atoms with E-state index in [4.69, 9.17) is 5.73 Å². The van der Waals surface area contributed by atoms with Gasteiger partial charge in [0.2, 0.25) is 11.8 Å². The van der Waals surface area contributed by atoms with Crippen LogP contribution in [0, 0.1) is 17.6 Å². The lowest BCUT2D eigenvalue weighted by atomic mass is 9.96. The first-order chi connectivity index (χ1) is 11.3. The van der Waals surface area contributed by atoms with Crippen LogP contribution in [0.4, 0.5) is 8.78 Å². The molecular formula is C17H23F2N3O2. The van der Waals surface area contributed by atoms with Crippen LogP contribution in [0.5, 0.6) is 0 Å². The van der Waals surface area contributed by atoms with Crippen molar-refractivity contribution in [2.24, 2.45) is 11.7 Å². The second-order valence-electron chi connectivity index (χ2n) is 6.29. The monoisotopic (exact) mass is 339 g/mol. The van der Waals surface area contributed by atoms with Gasteiger partial charge < -0.3 is 10.6 Å². The molecule has 0 unspecified atom stereocenters. The summed E-state index contributed by atoms with van der Waals surface area (Å²) in [5, 5.41) is 3.10. The Morgan fingerprint density at radius 3 is 2.38 bits per heavy atom. The van der Waals surface area contributed by atoms with Gasteiger partial charge in [-0.25, -0.2) is 8.78 Å². The Morgan fingerprint density at radius 2 is 1.83 bits per heavy atom. The molecule has 2 rings (SSSR count). The molecule has 0 spiro atoms. The summed E-state index contributed by atoms with van der Waals surface area (Å²) in [4.78, 5) is 25.3. The van der Waals surface area contributed by atoms with Crippen molar-refractivity contribution in [3.63, 3.8) is 0 Å². The minimum Gasteiger partial charge on any atom is -0.369 e. The minimum atomic E-state index is -0.909. The number of rotatable bonds is 5. The normalized spacial score (nSPS) is 18.2. The second kappa shape index (κ2) is 7.70. The van der Waals surface area contributed by atoms with Crippen LogP contribution >= 0.6 is 0 Å². The number of halogens is 2. The van der Waals surface area contributed by atoms with Gasteiger partial charge in [-0.05, 0) is 44.4 Å². The van der Waals surface area contributed by atoms with Crippen LogP contribution in [0.1, 0.15) is 38.3 Å². The Kier molecular flexibility index (Phi) is 5.88. The molecule has 2 amide bonds. The SMILES string of the molecule is C[C@H](N[C@@H](C)c1ccc(F)c(F)c1)C(=O)N1CCC(C(N)=O)CC1. The van der Waals surface area contributed by atoms with E-state index < -0.39 is 17.7 Å². The van der Waals surface area contributed by atoms with E-state index in [2.05, 4.69) is 5.32 Å². The third-order valence-electron chi connectivity index (χ3n) is 4.52. The van der Waals surface area contributed by atoms with Crippen molar-refractivity contribution in [2.75, 3.05) is 13.1 Å². The van der Waals surface area contributed by atoms with Crippen molar-refractivity contribution in [2.45, 2.75) is 38.8 Å². The minimum absolute atomic E-state index is 0.0765. The molecule has 0 aromatic heterocycles. The molecule has 1 aliphatic rings. The summed E-state index contributed by atoms with van der Waals surface area (Å²) in [6.45, 7) is 4.52. The summed E-state index contributed by atoms with van der Waals surface area (Å²) >= 11 is 0. The lowest BCUT2D eigenvalue weighted by Crippen LogP contribution is -2.49. The van der Waals surface area contributed by atoms with E-state index in [-0.39, 0.29) is 23.8 Å². The molecule has 0 saturated carbocycles. The number of benzene rings is 1. The largest absolute Gasteiger partial charge is 0.369 e. The fourth-order valence-corrected chi connectivity index (χ4v) is 2.98. The maximum absolute atomic E-state index is 13.3. The summed E-state index contributed by atoms with van der Waals surface area (Å²) in [6, 6.07) is 2.92. The van der Waals surface area contributed by atoms with Gasteiger partial charge in [-0.1, -0.05) is 6.07 Å². The fourth-order valence-electron chi connectivity index (χ4n) is 2.98. The maximum Gasteiger partial charge on any atom is 0.239 e. The van der Waals surface area contributed by atoms with E-state index in [0.717, 1.165) is 12.1 Å². The number of nitrogens with zero attached hydrogens (tertiary/aromatic N) is 1. The van der Waals surface area contributed by atoms with E-state index >= 15 is 0 Å². The van der Waals surface area contributed by atoms with Crippen molar-refractivity contribution in [3.05, 3.63) is 35.4 Å². The third kappa shape index (κ3) is 4.29. The van der Waals surface area contributed by atoms with Crippen LogP contribution in [0.2, 0.25) is 0 Å². The second-order valence-corrected chi connectivity index (χ2v) is 6.29. The summed E-state index contributed by atoms with van der Waals surface area (Å²) in [5.74, 6) is -2.37. The van der Waals surface area contributed by atoms with E-state index in [1.54, 1.807) is 18.7 Å². The predicted octanol–water partition coefficient (Wildman–Crippen LogP) is 1.73. The quantitative estimate of drug-likeness (QED) is 0.858. The first-order valence-electron chi connectivity index (χ1n) is 8.08. The molecule has 1 heterocycles. The molecule has 2 atom stereocenters. The van der Waals surface area contributed by atoms with Crippen LogP contribution in [0.25, 0.3) is 0 Å². The van der Waals surface area contributed by atoms with E-state index in [1.807, 2.05) is 0 Å². The number of amides is 2. The topological polar surface area (TPSA) is 75.4 Å². The molecule has 0 bridgehead atoms. The average molecular weight is 339 g/mol. The summed E-state index contributed by atoms with van der Waals surface area (Å²) in [7, 11) is 0. The van der Waals surface area contributed by atoms with Crippen LogP contribution in [-0.4, -0.2) is 35.8 Å². The molecular weight excluding hydrogens is 316 g/mol. The zero-order valence-corrected chi connectivity index (χ0v) is 13.9. The standard InChI is InChI=1S/C17H23F2N3O2/c1-10(13-3-4-14(18)15(19)9-13)21-11(2)17(24)22-7-5-12(6-8-22)16(20)23/h3-4,9-12,21H,5-8H2,1-2H3,(H2,20,23)/t10-,11-/m0/s1. The molecule has 5 nitrogen and oxygen atoms in total. The molecule has 1 aromatic rings. The van der Waals surface area contributed by atoms with Crippen molar-refractivity contribution < 1.29 is 18.4 Å². The number of primary amides is 1. The van der Waals surface area contributed by atoms with Gasteiger partial charge in [-0.15, -0.1) is 0 Å². The predicted molar refractivity (Wildman–Crippen MR) is 85.9 cm³/mol. The first kappa shape index (κ1) is 18.3. The van der Waals surface area contributed by atoms with E-state index in [0.29, 0.717) is 31.5 Å². The molecule has 24 heavy (non-hydrogen) atoms. The lowest BCUT2D eigenvalue weighted by molar-refractivity contribution is -0.136. The van der Waals surface area contributed by atoms with Gasteiger partial charge in [-0.3, -0.25) is 14.9 Å². The molecule has 132 valence electrons. The molecule has 1 aromatic carbocycles. The average Bonchev–Trinajstić information content (AvgIpc) is 2.56.